The Morgan fingerprint density at radius 3 is 2.50 bits per heavy atom. The van der Waals surface area contributed by atoms with Crippen LogP contribution in [0.3, 0.4) is 0 Å². The van der Waals surface area contributed by atoms with E-state index in [0.29, 0.717) is 24.9 Å². The van der Waals surface area contributed by atoms with Crippen LogP contribution < -0.4 is 5.32 Å². The Morgan fingerprint density at radius 2 is 2.12 bits per heavy atom. The van der Waals surface area contributed by atoms with Gasteiger partial charge in [0.1, 0.15) is 6.04 Å². The summed E-state index contributed by atoms with van der Waals surface area (Å²) in [6, 6.07) is -0.245. The minimum Gasteiger partial charge on any atom is -0.480 e. The van der Waals surface area contributed by atoms with Crippen molar-refractivity contribution in [3.05, 3.63) is 0 Å². The summed E-state index contributed by atoms with van der Waals surface area (Å²) in [6.07, 6.45) is 3.05. The number of carboxylic acids is 1. The van der Waals surface area contributed by atoms with Crippen LogP contribution in [0.4, 0.5) is 0 Å². The highest BCUT2D eigenvalue weighted by Gasteiger charge is 2.34. The quantitative estimate of drug-likeness (QED) is 0.662. The lowest BCUT2D eigenvalue weighted by molar-refractivity contribution is -0.140. The van der Waals surface area contributed by atoms with Crippen molar-refractivity contribution in [3.63, 3.8) is 0 Å². The van der Waals surface area contributed by atoms with Crippen molar-refractivity contribution in [2.75, 3.05) is 13.7 Å². The van der Waals surface area contributed by atoms with Gasteiger partial charge in [-0.15, -0.1) is 0 Å². The smallest absolute Gasteiger partial charge is 0.320 e. The number of ether oxygens (including phenoxy) is 1. The highest BCUT2D eigenvalue weighted by Crippen LogP contribution is 2.33. The molecule has 1 saturated carbocycles. The first-order chi connectivity index (χ1) is 7.54. The van der Waals surface area contributed by atoms with E-state index in [-0.39, 0.29) is 6.04 Å². The standard InChI is InChI=1S/C12H23NO3/c1-8(2)6-10(12(14)15)13-11(7-16-3)9-4-5-9/h8-11,13H,4-7H2,1-3H3,(H,14,15). The fourth-order valence-corrected chi connectivity index (χ4v) is 1.97. The molecule has 0 bridgehead atoms. The van der Waals surface area contributed by atoms with Crippen molar-refractivity contribution in [2.45, 2.75) is 45.2 Å². The lowest BCUT2D eigenvalue weighted by Crippen LogP contribution is -2.47. The van der Waals surface area contributed by atoms with Crippen molar-refractivity contribution < 1.29 is 14.6 Å². The molecule has 0 aliphatic heterocycles. The molecule has 0 amide bonds. The van der Waals surface area contributed by atoms with E-state index in [2.05, 4.69) is 5.32 Å². The van der Waals surface area contributed by atoms with Crippen molar-refractivity contribution in [3.8, 4) is 0 Å². The SMILES string of the molecule is COCC(NC(CC(C)C)C(=O)O)C1CC1. The van der Waals surface area contributed by atoms with Gasteiger partial charge in [-0.05, 0) is 31.1 Å². The van der Waals surface area contributed by atoms with Crippen molar-refractivity contribution in [1.82, 2.24) is 5.32 Å². The van der Waals surface area contributed by atoms with Crippen LogP contribution in [-0.4, -0.2) is 36.9 Å². The van der Waals surface area contributed by atoms with Crippen LogP contribution in [0.1, 0.15) is 33.1 Å². The summed E-state index contributed by atoms with van der Waals surface area (Å²) >= 11 is 0. The summed E-state index contributed by atoms with van der Waals surface area (Å²) < 4.78 is 5.14. The molecule has 16 heavy (non-hydrogen) atoms. The Labute approximate surface area is 97.4 Å². The van der Waals surface area contributed by atoms with Gasteiger partial charge in [-0.2, -0.15) is 0 Å². The Kier molecular flexibility index (Phi) is 5.22. The molecular formula is C12H23NO3. The molecule has 4 heteroatoms. The third kappa shape index (κ3) is 4.49. The number of aliphatic carboxylic acids is 1. The summed E-state index contributed by atoms with van der Waals surface area (Å²) in [6.45, 7) is 4.69. The van der Waals surface area contributed by atoms with E-state index in [1.54, 1.807) is 7.11 Å². The largest absolute Gasteiger partial charge is 0.480 e. The molecule has 0 aromatic carbocycles. The second-order valence-electron chi connectivity index (χ2n) is 5.09. The molecule has 1 fully saturated rings. The molecule has 94 valence electrons. The predicted molar refractivity (Wildman–Crippen MR) is 62.4 cm³/mol. The molecule has 4 nitrogen and oxygen atoms in total. The third-order valence-corrected chi connectivity index (χ3v) is 2.96. The van der Waals surface area contributed by atoms with Crippen LogP contribution in [-0.2, 0) is 9.53 Å². The highest BCUT2D eigenvalue weighted by atomic mass is 16.5. The van der Waals surface area contributed by atoms with Gasteiger partial charge in [-0.1, -0.05) is 13.8 Å². The molecular weight excluding hydrogens is 206 g/mol. The first-order valence-electron chi connectivity index (χ1n) is 6.02. The molecule has 0 radical (unpaired) electrons. The van der Waals surface area contributed by atoms with E-state index in [4.69, 9.17) is 9.84 Å². The number of methoxy groups -OCH3 is 1. The van der Waals surface area contributed by atoms with Crippen molar-refractivity contribution >= 4 is 5.97 Å². The van der Waals surface area contributed by atoms with Crippen LogP contribution in [0.5, 0.6) is 0 Å². The third-order valence-electron chi connectivity index (χ3n) is 2.96. The van der Waals surface area contributed by atoms with Gasteiger partial charge in [-0.25, -0.2) is 0 Å². The summed E-state index contributed by atoms with van der Waals surface area (Å²) in [5.74, 6) is 0.236. The maximum absolute atomic E-state index is 11.1. The molecule has 1 aliphatic rings. The Bertz CT molecular complexity index is 226. The lowest BCUT2D eigenvalue weighted by atomic mass is 10.0. The van der Waals surface area contributed by atoms with Crippen LogP contribution in [0, 0.1) is 11.8 Å². The summed E-state index contributed by atoms with van der Waals surface area (Å²) in [5.41, 5.74) is 0. The van der Waals surface area contributed by atoms with Gasteiger partial charge in [0.25, 0.3) is 0 Å². The van der Waals surface area contributed by atoms with E-state index >= 15 is 0 Å². The zero-order valence-electron chi connectivity index (χ0n) is 10.4. The van der Waals surface area contributed by atoms with Gasteiger partial charge in [0.05, 0.1) is 6.61 Å². The molecule has 1 rings (SSSR count). The maximum Gasteiger partial charge on any atom is 0.320 e. The first kappa shape index (κ1) is 13.5. The second kappa shape index (κ2) is 6.21. The normalized spacial score (nSPS) is 19.8. The summed E-state index contributed by atoms with van der Waals surface area (Å²) in [4.78, 5) is 11.1. The molecule has 0 heterocycles. The minimum atomic E-state index is -0.754. The molecule has 0 aromatic heterocycles. The van der Waals surface area contributed by atoms with Gasteiger partial charge < -0.3 is 9.84 Å². The maximum atomic E-state index is 11.1. The molecule has 0 saturated heterocycles. The van der Waals surface area contributed by atoms with Crippen LogP contribution in [0.2, 0.25) is 0 Å². The zero-order valence-corrected chi connectivity index (χ0v) is 10.4. The number of carbonyl (C=O) groups is 1. The van der Waals surface area contributed by atoms with E-state index in [9.17, 15) is 4.79 Å². The Balaban J connectivity index is 2.46. The van der Waals surface area contributed by atoms with Crippen molar-refractivity contribution in [2.24, 2.45) is 11.8 Å². The average molecular weight is 229 g/mol. The number of nitrogens with one attached hydrogen (secondary N) is 1. The molecule has 2 atom stereocenters. The molecule has 0 aromatic rings. The predicted octanol–water partition coefficient (Wildman–Crippen LogP) is 1.50. The fraction of sp³-hybridized carbons (Fsp3) is 0.917. The number of rotatable bonds is 8. The molecule has 2 unspecified atom stereocenters. The van der Waals surface area contributed by atoms with E-state index in [1.807, 2.05) is 13.8 Å². The topological polar surface area (TPSA) is 58.6 Å². The highest BCUT2D eigenvalue weighted by molar-refractivity contribution is 5.73. The Hall–Kier alpha value is -0.610. The lowest BCUT2D eigenvalue weighted by Gasteiger charge is -2.23. The average Bonchev–Trinajstić information content (AvgIpc) is 2.98. The van der Waals surface area contributed by atoms with E-state index in [1.165, 1.54) is 12.8 Å². The monoisotopic (exact) mass is 229 g/mol. The minimum absolute atomic E-state index is 0.199. The summed E-state index contributed by atoms with van der Waals surface area (Å²) in [5, 5.41) is 12.4. The van der Waals surface area contributed by atoms with E-state index < -0.39 is 12.0 Å². The molecule has 2 N–H and O–H groups in total. The second-order valence-corrected chi connectivity index (χ2v) is 5.09. The first-order valence-corrected chi connectivity index (χ1v) is 6.02. The van der Waals surface area contributed by atoms with Gasteiger partial charge in [0.2, 0.25) is 0 Å². The zero-order chi connectivity index (χ0) is 12.1. The van der Waals surface area contributed by atoms with Gasteiger partial charge >= 0.3 is 5.97 Å². The fourth-order valence-electron chi connectivity index (χ4n) is 1.97. The van der Waals surface area contributed by atoms with Crippen LogP contribution in [0.15, 0.2) is 0 Å². The summed E-state index contributed by atoms with van der Waals surface area (Å²) in [7, 11) is 1.66. The van der Waals surface area contributed by atoms with E-state index in [0.717, 1.165) is 0 Å². The van der Waals surface area contributed by atoms with Crippen molar-refractivity contribution in [1.29, 1.82) is 0 Å². The van der Waals surface area contributed by atoms with Crippen LogP contribution >= 0.6 is 0 Å². The number of hydrogen-bond donors (Lipinski definition) is 2. The van der Waals surface area contributed by atoms with Gasteiger partial charge in [0, 0.05) is 13.2 Å². The number of carboxylic acid groups (broad SMARTS) is 1. The molecule has 0 spiro atoms. The number of hydrogen-bond acceptors (Lipinski definition) is 3. The van der Waals surface area contributed by atoms with Gasteiger partial charge in [-0.3, -0.25) is 10.1 Å². The van der Waals surface area contributed by atoms with Gasteiger partial charge in [0.15, 0.2) is 0 Å². The molecule has 1 aliphatic carbocycles. The Morgan fingerprint density at radius 1 is 1.50 bits per heavy atom. The van der Waals surface area contributed by atoms with Crippen LogP contribution in [0.25, 0.3) is 0 Å².